The Labute approximate surface area is 96.9 Å². The minimum atomic E-state index is -0.0181. The van der Waals surface area contributed by atoms with Crippen molar-refractivity contribution in [3.05, 3.63) is 17.5 Å². The van der Waals surface area contributed by atoms with Gasteiger partial charge in [0.15, 0.2) is 0 Å². The molecule has 1 aliphatic heterocycles. The third-order valence-corrected chi connectivity index (χ3v) is 3.01. The minimum Gasteiger partial charge on any atom is -0.337 e. The van der Waals surface area contributed by atoms with Crippen LogP contribution in [-0.2, 0) is 0 Å². The van der Waals surface area contributed by atoms with E-state index in [1.807, 2.05) is 19.9 Å². The van der Waals surface area contributed by atoms with Gasteiger partial charge >= 0.3 is 0 Å². The molecule has 4 nitrogen and oxygen atoms in total. The highest BCUT2D eigenvalue weighted by Gasteiger charge is 2.39. The smallest absolute Gasteiger partial charge is 0.225 e. The van der Waals surface area contributed by atoms with Crippen molar-refractivity contribution in [2.45, 2.75) is 39.2 Å². The van der Waals surface area contributed by atoms with Crippen LogP contribution in [0.15, 0.2) is 6.07 Å². The summed E-state index contributed by atoms with van der Waals surface area (Å²) in [6.45, 7) is 7.93. The average molecular weight is 220 g/mol. The molecule has 1 aliphatic rings. The Balaban J connectivity index is 2.06. The molecule has 1 saturated heterocycles. The van der Waals surface area contributed by atoms with Crippen LogP contribution < -0.4 is 10.6 Å². The van der Waals surface area contributed by atoms with Gasteiger partial charge in [-0.2, -0.15) is 0 Å². The molecule has 0 amide bonds. The van der Waals surface area contributed by atoms with Crippen LogP contribution >= 0.6 is 0 Å². The minimum absolute atomic E-state index is 0.0181. The van der Waals surface area contributed by atoms with Gasteiger partial charge in [0.1, 0.15) is 0 Å². The molecule has 0 saturated carbocycles. The molecule has 16 heavy (non-hydrogen) atoms. The Bertz CT molecular complexity index is 362. The van der Waals surface area contributed by atoms with E-state index in [9.17, 15) is 0 Å². The molecule has 88 valence electrons. The van der Waals surface area contributed by atoms with E-state index in [4.69, 9.17) is 5.73 Å². The fourth-order valence-corrected chi connectivity index (χ4v) is 2.36. The molecule has 0 atom stereocenters. The van der Waals surface area contributed by atoms with Crippen LogP contribution in [0.5, 0.6) is 0 Å². The molecule has 0 unspecified atom stereocenters. The molecule has 0 aliphatic carbocycles. The zero-order valence-electron chi connectivity index (χ0n) is 10.3. The van der Waals surface area contributed by atoms with E-state index in [1.54, 1.807) is 0 Å². The highest BCUT2D eigenvalue weighted by atomic mass is 15.3. The Hall–Kier alpha value is -1.16. The number of nitrogens with zero attached hydrogens (tertiary/aromatic N) is 3. The summed E-state index contributed by atoms with van der Waals surface area (Å²) < 4.78 is 0. The van der Waals surface area contributed by atoms with Gasteiger partial charge in [-0.1, -0.05) is 13.3 Å². The molecule has 0 aromatic carbocycles. The summed E-state index contributed by atoms with van der Waals surface area (Å²) in [4.78, 5) is 11.0. The van der Waals surface area contributed by atoms with Crippen molar-refractivity contribution in [2.75, 3.05) is 18.0 Å². The highest BCUT2D eigenvalue weighted by Crippen LogP contribution is 2.26. The van der Waals surface area contributed by atoms with Crippen molar-refractivity contribution < 1.29 is 0 Å². The van der Waals surface area contributed by atoms with E-state index in [1.165, 1.54) is 0 Å². The molecular weight excluding hydrogens is 200 g/mol. The molecule has 1 fully saturated rings. The molecule has 2 N–H and O–H groups in total. The van der Waals surface area contributed by atoms with E-state index in [0.717, 1.165) is 43.3 Å². The van der Waals surface area contributed by atoms with Crippen LogP contribution in [0.3, 0.4) is 0 Å². The van der Waals surface area contributed by atoms with Gasteiger partial charge in [-0.25, -0.2) is 9.97 Å². The van der Waals surface area contributed by atoms with Gasteiger partial charge in [-0.3, -0.25) is 0 Å². The summed E-state index contributed by atoms with van der Waals surface area (Å²) in [5, 5.41) is 0. The molecule has 2 rings (SSSR count). The summed E-state index contributed by atoms with van der Waals surface area (Å²) >= 11 is 0. The van der Waals surface area contributed by atoms with Crippen LogP contribution in [0.2, 0.25) is 0 Å². The predicted octanol–water partition coefficient (Wildman–Crippen LogP) is 1.41. The van der Waals surface area contributed by atoms with Gasteiger partial charge in [0.05, 0.1) is 5.54 Å². The summed E-state index contributed by atoms with van der Waals surface area (Å²) in [6, 6.07) is 1.99. The first kappa shape index (κ1) is 11.3. The lowest BCUT2D eigenvalue weighted by Gasteiger charge is -2.47. The lowest BCUT2D eigenvalue weighted by atomic mass is 9.87. The second-order valence-electron chi connectivity index (χ2n) is 4.92. The maximum Gasteiger partial charge on any atom is 0.225 e. The van der Waals surface area contributed by atoms with Gasteiger partial charge in [0.2, 0.25) is 5.95 Å². The lowest BCUT2D eigenvalue weighted by Crippen LogP contribution is -2.67. The van der Waals surface area contributed by atoms with Crippen molar-refractivity contribution in [1.82, 2.24) is 9.97 Å². The number of hydrogen-bond acceptors (Lipinski definition) is 4. The van der Waals surface area contributed by atoms with E-state index >= 15 is 0 Å². The van der Waals surface area contributed by atoms with E-state index in [-0.39, 0.29) is 5.54 Å². The van der Waals surface area contributed by atoms with E-state index in [0.29, 0.717) is 0 Å². The quantitative estimate of drug-likeness (QED) is 0.837. The number of anilines is 1. The van der Waals surface area contributed by atoms with Gasteiger partial charge in [0.25, 0.3) is 0 Å². The van der Waals surface area contributed by atoms with Crippen molar-refractivity contribution in [1.29, 1.82) is 0 Å². The molecular formula is C12H20N4. The van der Waals surface area contributed by atoms with Gasteiger partial charge in [-0.05, 0) is 26.3 Å². The first-order chi connectivity index (χ1) is 7.52. The van der Waals surface area contributed by atoms with Crippen LogP contribution in [0.4, 0.5) is 5.95 Å². The maximum absolute atomic E-state index is 6.22. The summed E-state index contributed by atoms with van der Waals surface area (Å²) in [7, 11) is 0. The Morgan fingerprint density at radius 1 is 1.31 bits per heavy atom. The Morgan fingerprint density at radius 3 is 2.38 bits per heavy atom. The van der Waals surface area contributed by atoms with Crippen molar-refractivity contribution >= 4 is 5.95 Å². The number of rotatable bonds is 3. The summed E-state index contributed by atoms with van der Waals surface area (Å²) in [5.74, 6) is 0.828. The summed E-state index contributed by atoms with van der Waals surface area (Å²) in [5.41, 5.74) is 8.24. The number of aromatic nitrogens is 2. The van der Waals surface area contributed by atoms with Crippen LogP contribution in [0, 0.1) is 13.8 Å². The predicted molar refractivity (Wildman–Crippen MR) is 65.5 cm³/mol. The average Bonchev–Trinajstić information content (AvgIpc) is 2.12. The molecule has 1 aromatic heterocycles. The monoisotopic (exact) mass is 220 g/mol. The standard InChI is InChI=1S/C12H20N4/c1-4-5-12(13)7-16(8-12)11-14-9(2)6-10(3)15-11/h6H,4-5,7-8,13H2,1-3H3. The van der Waals surface area contributed by atoms with Gasteiger partial charge in [-0.15, -0.1) is 0 Å². The maximum atomic E-state index is 6.22. The highest BCUT2D eigenvalue weighted by molar-refractivity contribution is 5.39. The molecule has 4 heteroatoms. The van der Waals surface area contributed by atoms with Gasteiger partial charge in [0, 0.05) is 24.5 Å². The summed E-state index contributed by atoms with van der Waals surface area (Å²) in [6.07, 6.45) is 2.21. The molecule has 0 radical (unpaired) electrons. The third kappa shape index (κ3) is 2.16. The van der Waals surface area contributed by atoms with Crippen molar-refractivity contribution in [2.24, 2.45) is 5.73 Å². The Morgan fingerprint density at radius 2 is 1.88 bits per heavy atom. The largest absolute Gasteiger partial charge is 0.337 e. The van der Waals surface area contributed by atoms with Crippen LogP contribution in [0.25, 0.3) is 0 Å². The number of aryl methyl sites for hydroxylation is 2. The fourth-order valence-electron chi connectivity index (χ4n) is 2.36. The topological polar surface area (TPSA) is 55.0 Å². The van der Waals surface area contributed by atoms with E-state index < -0.39 is 0 Å². The third-order valence-electron chi connectivity index (χ3n) is 3.01. The SMILES string of the molecule is CCCC1(N)CN(c2nc(C)cc(C)n2)C1. The Kier molecular flexibility index (Phi) is 2.84. The first-order valence-electron chi connectivity index (χ1n) is 5.88. The molecule has 0 spiro atoms. The van der Waals surface area contributed by atoms with Gasteiger partial charge < -0.3 is 10.6 Å². The first-order valence-corrected chi connectivity index (χ1v) is 5.88. The fraction of sp³-hybridized carbons (Fsp3) is 0.667. The second kappa shape index (κ2) is 4.01. The van der Waals surface area contributed by atoms with E-state index in [2.05, 4.69) is 21.8 Å². The molecule has 0 bridgehead atoms. The molecule has 1 aromatic rings. The normalized spacial score (nSPS) is 18.4. The zero-order valence-corrected chi connectivity index (χ0v) is 10.3. The molecule has 2 heterocycles. The number of hydrogen-bond donors (Lipinski definition) is 1. The van der Waals surface area contributed by atoms with Crippen molar-refractivity contribution in [3.63, 3.8) is 0 Å². The van der Waals surface area contributed by atoms with Crippen LogP contribution in [0.1, 0.15) is 31.2 Å². The van der Waals surface area contributed by atoms with Crippen molar-refractivity contribution in [3.8, 4) is 0 Å². The number of nitrogens with two attached hydrogens (primary N) is 1. The van der Waals surface area contributed by atoms with Crippen LogP contribution in [-0.4, -0.2) is 28.6 Å². The zero-order chi connectivity index (χ0) is 11.8. The lowest BCUT2D eigenvalue weighted by molar-refractivity contribution is 0.303. The second-order valence-corrected chi connectivity index (χ2v) is 4.92.